The van der Waals surface area contributed by atoms with Crippen molar-refractivity contribution in [1.29, 1.82) is 0 Å². The average molecular weight is 605 g/mol. The number of alkyl halides is 2. The number of hydrogen-bond acceptors (Lipinski definition) is 6. The van der Waals surface area contributed by atoms with Crippen molar-refractivity contribution in [2.75, 3.05) is 38.3 Å². The Labute approximate surface area is 244 Å². The van der Waals surface area contributed by atoms with E-state index in [2.05, 4.69) is 28.9 Å². The third-order valence-corrected chi connectivity index (χ3v) is 10.6. The molecule has 7 nitrogen and oxygen atoms in total. The summed E-state index contributed by atoms with van der Waals surface area (Å²) in [6.07, 6.45) is 2.73. The molecule has 3 heterocycles. The van der Waals surface area contributed by atoms with E-state index >= 15 is 0 Å². The summed E-state index contributed by atoms with van der Waals surface area (Å²) in [4.78, 5) is 20.3. The summed E-state index contributed by atoms with van der Waals surface area (Å²) in [7, 11) is -4.19. The van der Waals surface area contributed by atoms with Gasteiger partial charge in [-0.3, -0.25) is 13.6 Å². The van der Waals surface area contributed by atoms with Crippen LogP contribution in [0.25, 0.3) is 10.2 Å². The fourth-order valence-corrected chi connectivity index (χ4v) is 8.35. The molecular formula is C30H38F2N4O3S2. The van der Waals surface area contributed by atoms with E-state index in [1.807, 2.05) is 30.3 Å². The predicted octanol–water partition coefficient (Wildman–Crippen LogP) is 5.29. The van der Waals surface area contributed by atoms with Crippen molar-refractivity contribution < 1.29 is 22.0 Å². The van der Waals surface area contributed by atoms with Crippen LogP contribution in [0.3, 0.4) is 0 Å². The number of nitrogens with zero attached hydrogens (tertiary/aromatic N) is 2. The molecule has 0 aliphatic carbocycles. The smallest absolute Gasteiger partial charge is 0.243 e. The molecule has 0 saturated carbocycles. The monoisotopic (exact) mass is 604 g/mol. The van der Waals surface area contributed by atoms with Crippen LogP contribution in [-0.2, 0) is 34.1 Å². The number of hydrogen-bond donors (Lipinski definition) is 2. The molecule has 3 aromatic rings. The number of anilines is 1. The highest BCUT2D eigenvalue weighted by molar-refractivity contribution is 7.89. The van der Waals surface area contributed by atoms with Gasteiger partial charge in [0.1, 0.15) is 10.9 Å². The van der Waals surface area contributed by atoms with Gasteiger partial charge in [-0.1, -0.05) is 32.0 Å². The summed E-state index contributed by atoms with van der Waals surface area (Å²) in [5, 5.41) is 3.96. The highest BCUT2D eigenvalue weighted by atomic mass is 32.2. The van der Waals surface area contributed by atoms with E-state index < -0.39 is 22.7 Å². The summed E-state index contributed by atoms with van der Waals surface area (Å²) in [6, 6.07) is 9.98. The Morgan fingerprint density at radius 1 is 1.20 bits per heavy atom. The number of aryl methyl sites for hydroxylation is 1. The Morgan fingerprint density at radius 2 is 1.95 bits per heavy atom. The van der Waals surface area contributed by atoms with Crippen LogP contribution in [0, 0.1) is 11.3 Å². The number of nitrogens with one attached hydrogen (secondary N) is 2. The molecule has 1 saturated heterocycles. The van der Waals surface area contributed by atoms with Gasteiger partial charge < -0.3 is 10.2 Å². The minimum Gasteiger partial charge on any atom is -0.383 e. The third-order valence-electron chi connectivity index (χ3n) is 8.09. The molecule has 0 bridgehead atoms. The summed E-state index contributed by atoms with van der Waals surface area (Å²) < 4.78 is 58.0. The Kier molecular flexibility index (Phi) is 8.96. The van der Waals surface area contributed by atoms with Crippen molar-refractivity contribution in [2.45, 2.75) is 63.3 Å². The van der Waals surface area contributed by atoms with Gasteiger partial charge in [0.2, 0.25) is 15.9 Å². The second-order valence-corrected chi connectivity index (χ2v) is 14.8. The normalized spacial score (nSPS) is 18.2. The second kappa shape index (κ2) is 12.3. The van der Waals surface area contributed by atoms with Crippen LogP contribution < -0.4 is 10.0 Å². The van der Waals surface area contributed by atoms with Crippen molar-refractivity contribution in [3.63, 3.8) is 0 Å². The number of carbonyl (C=O) groups excluding carboxylic acids is 1. The van der Waals surface area contributed by atoms with Crippen LogP contribution in [0.1, 0.15) is 49.2 Å². The van der Waals surface area contributed by atoms with Crippen LogP contribution in [0.15, 0.2) is 41.3 Å². The molecular weight excluding hydrogens is 566 g/mol. The van der Waals surface area contributed by atoms with E-state index in [-0.39, 0.29) is 41.7 Å². The van der Waals surface area contributed by atoms with Crippen molar-refractivity contribution in [2.24, 2.45) is 11.3 Å². The van der Waals surface area contributed by atoms with Crippen LogP contribution in [0.5, 0.6) is 0 Å². The van der Waals surface area contributed by atoms with E-state index in [9.17, 15) is 22.0 Å². The minimum atomic E-state index is -4.19. The lowest BCUT2D eigenvalue weighted by atomic mass is 9.81. The number of benzene rings is 2. The first kappa shape index (κ1) is 29.8. The minimum absolute atomic E-state index is 0.0395. The number of halogens is 2. The van der Waals surface area contributed by atoms with Gasteiger partial charge in [0.25, 0.3) is 0 Å². The number of aromatic nitrogens is 1. The zero-order valence-corrected chi connectivity index (χ0v) is 25.2. The zero-order valence-electron chi connectivity index (χ0n) is 23.6. The molecule has 2 aliphatic heterocycles. The van der Waals surface area contributed by atoms with E-state index in [0.29, 0.717) is 61.6 Å². The summed E-state index contributed by atoms with van der Waals surface area (Å²) in [6.45, 7) is 4.72. The lowest BCUT2D eigenvalue weighted by molar-refractivity contribution is -0.134. The molecule has 1 aromatic heterocycles. The first-order valence-electron chi connectivity index (χ1n) is 14.3. The van der Waals surface area contributed by atoms with Crippen molar-refractivity contribution in [1.82, 2.24) is 14.6 Å². The molecule has 0 radical (unpaired) electrons. The molecule has 0 unspecified atom stereocenters. The molecule has 2 N–H and O–H groups in total. The summed E-state index contributed by atoms with van der Waals surface area (Å²) in [5.74, 6) is -0.0852. The molecule has 2 aromatic carbocycles. The lowest BCUT2D eigenvalue weighted by Gasteiger charge is -2.35. The first-order valence-corrected chi connectivity index (χ1v) is 16.6. The molecule has 1 amide bonds. The lowest BCUT2D eigenvalue weighted by Crippen LogP contribution is -2.51. The summed E-state index contributed by atoms with van der Waals surface area (Å²) in [5.41, 5.74) is 2.66. The fourth-order valence-electron chi connectivity index (χ4n) is 5.88. The number of para-hydroxylation sites is 1. The number of amides is 1. The van der Waals surface area contributed by atoms with Gasteiger partial charge in [0.05, 0.1) is 34.3 Å². The molecule has 1 fully saturated rings. The molecule has 222 valence electrons. The molecule has 0 spiro atoms. The number of piperidine rings is 1. The topological polar surface area (TPSA) is 91.4 Å². The molecule has 11 heteroatoms. The van der Waals surface area contributed by atoms with E-state index in [1.165, 1.54) is 17.4 Å². The van der Waals surface area contributed by atoms with Crippen LogP contribution in [0.2, 0.25) is 0 Å². The van der Waals surface area contributed by atoms with Crippen molar-refractivity contribution in [3.8, 4) is 0 Å². The molecule has 5 rings (SSSR count). The Balaban J connectivity index is 1.47. The van der Waals surface area contributed by atoms with Crippen LogP contribution in [-0.4, -0.2) is 63.2 Å². The highest BCUT2D eigenvalue weighted by Gasteiger charge is 2.35. The van der Waals surface area contributed by atoms with Crippen molar-refractivity contribution >= 4 is 43.2 Å². The SMILES string of the molecule is CC1(C)CNc2c(cc(CCF)cc2S(=O)(=O)N[C@@H](Cc2nc3ccccc3s2)C(=O)N2CCC(CCF)CC2)C1. The number of thiazole rings is 1. The largest absolute Gasteiger partial charge is 0.383 e. The van der Waals surface area contributed by atoms with Gasteiger partial charge in [-0.05, 0) is 66.3 Å². The van der Waals surface area contributed by atoms with Gasteiger partial charge in [-0.2, -0.15) is 4.72 Å². The van der Waals surface area contributed by atoms with Gasteiger partial charge in [-0.25, -0.2) is 13.4 Å². The fraction of sp³-hybridized carbons (Fsp3) is 0.533. The van der Waals surface area contributed by atoms with Gasteiger partial charge >= 0.3 is 0 Å². The van der Waals surface area contributed by atoms with E-state index in [1.54, 1.807) is 4.90 Å². The molecule has 2 aliphatic rings. The maximum atomic E-state index is 14.0. The Bertz CT molecular complexity index is 1470. The second-order valence-electron chi connectivity index (χ2n) is 12.0. The van der Waals surface area contributed by atoms with E-state index in [4.69, 9.17) is 0 Å². The Hall–Kier alpha value is -2.63. The van der Waals surface area contributed by atoms with Crippen LogP contribution in [0.4, 0.5) is 14.5 Å². The van der Waals surface area contributed by atoms with Crippen molar-refractivity contribution in [3.05, 3.63) is 52.5 Å². The maximum Gasteiger partial charge on any atom is 0.243 e. The van der Waals surface area contributed by atoms with Gasteiger partial charge in [0, 0.05) is 32.5 Å². The number of fused-ring (bicyclic) bond motifs is 2. The van der Waals surface area contributed by atoms with Gasteiger partial charge in [-0.15, -0.1) is 11.3 Å². The number of likely N-dealkylation sites (tertiary alicyclic amines) is 1. The zero-order chi connectivity index (χ0) is 29.2. The summed E-state index contributed by atoms with van der Waals surface area (Å²) >= 11 is 1.44. The molecule has 41 heavy (non-hydrogen) atoms. The van der Waals surface area contributed by atoms with Crippen LogP contribution >= 0.6 is 11.3 Å². The highest BCUT2D eigenvalue weighted by Crippen LogP contribution is 2.37. The number of rotatable bonds is 10. The maximum absolute atomic E-state index is 14.0. The predicted molar refractivity (Wildman–Crippen MR) is 159 cm³/mol. The van der Waals surface area contributed by atoms with E-state index in [0.717, 1.165) is 15.8 Å². The average Bonchev–Trinajstić information content (AvgIpc) is 3.34. The number of sulfonamides is 1. The first-order chi connectivity index (χ1) is 19.6. The third kappa shape index (κ3) is 6.89. The Morgan fingerprint density at radius 3 is 2.66 bits per heavy atom. The quantitative estimate of drug-likeness (QED) is 0.328. The number of carbonyl (C=O) groups is 1. The standard InChI is InChI=1S/C30H38F2N4O3S2/c1-30(2)18-22-15-21(8-12-32)16-26(28(22)33-19-30)41(38,39)35-24(17-27-34-23-5-3-4-6-25(23)40-27)29(37)36-13-9-20(7-11-31)10-14-36/h3-6,15-16,20,24,33,35H,7-14,17-19H2,1-2H3/t24-/m0/s1. The van der Waals surface area contributed by atoms with Gasteiger partial charge in [0.15, 0.2) is 0 Å². The molecule has 1 atom stereocenters.